The molecule has 0 fully saturated rings. The standard InChI is InChI=1S/C14H15BrClNOS/c1-3-17-14(12-6-7-13(15)19-12)10-8-9(16)4-5-11(10)18-2/h4-8,14,17H,3H2,1-2H3. The molecule has 0 radical (unpaired) electrons. The minimum Gasteiger partial charge on any atom is -0.496 e. The van der Waals surface area contributed by atoms with Crippen molar-refractivity contribution >= 4 is 38.9 Å². The summed E-state index contributed by atoms with van der Waals surface area (Å²) in [4.78, 5) is 1.23. The van der Waals surface area contributed by atoms with Crippen LogP contribution in [-0.2, 0) is 0 Å². The molecule has 0 spiro atoms. The molecule has 1 unspecified atom stereocenters. The second kappa shape index (κ2) is 6.75. The Balaban J connectivity index is 2.46. The molecule has 0 aliphatic rings. The lowest BCUT2D eigenvalue weighted by Gasteiger charge is -2.20. The molecule has 2 aromatic rings. The molecule has 0 amide bonds. The van der Waals surface area contributed by atoms with Crippen molar-refractivity contribution in [3.8, 4) is 5.75 Å². The van der Waals surface area contributed by atoms with E-state index in [1.807, 2.05) is 18.2 Å². The Kier molecular flexibility index (Phi) is 5.28. The fourth-order valence-corrected chi connectivity index (χ4v) is 3.68. The number of thiophene rings is 1. The largest absolute Gasteiger partial charge is 0.496 e. The molecule has 5 heteroatoms. The predicted octanol–water partition coefficient (Wildman–Crippen LogP) is 4.87. The molecule has 1 N–H and O–H groups in total. The van der Waals surface area contributed by atoms with Gasteiger partial charge in [0.2, 0.25) is 0 Å². The normalized spacial score (nSPS) is 12.4. The van der Waals surface area contributed by atoms with E-state index in [1.165, 1.54) is 4.88 Å². The van der Waals surface area contributed by atoms with Crippen LogP contribution < -0.4 is 10.1 Å². The topological polar surface area (TPSA) is 21.3 Å². The van der Waals surface area contributed by atoms with E-state index in [0.717, 1.165) is 21.6 Å². The highest BCUT2D eigenvalue weighted by Gasteiger charge is 2.19. The van der Waals surface area contributed by atoms with Gasteiger partial charge in [-0.3, -0.25) is 0 Å². The number of rotatable bonds is 5. The van der Waals surface area contributed by atoms with Crippen LogP contribution in [0.3, 0.4) is 0 Å². The van der Waals surface area contributed by atoms with E-state index in [2.05, 4.69) is 40.3 Å². The third-order valence-electron chi connectivity index (χ3n) is 2.79. The smallest absolute Gasteiger partial charge is 0.124 e. The van der Waals surface area contributed by atoms with E-state index in [9.17, 15) is 0 Å². The maximum atomic E-state index is 6.12. The van der Waals surface area contributed by atoms with E-state index < -0.39 is 0 Å². The summed E-state index contributed by atoms with van der Waals surface area (Å²) in [6.45, 7) is 2.96. The van der Waals surface area contributed by atoms with Crippen molar-refractivity contribution in [3.63, 3.8) is 0 Å². The molecular weight excluding hydrogens is 346 g/mol. The zero-order chi connectivity index (χ0) is 13.8. The van der Waals surface area contributed by atoms with Gasteiger partial charge >= 0.3 is 0 Å². The molecule has 0 saturated heterocycles. The highest BCUT2D eigenvalue weighted by Crippen LogP contribution is 2.36. The van der Waals surface area contributed by atoms with Crippen molar-refractivity contribution in [1.29, 1.82) is 0 Å². The lowest BCUT2D eigenvalue weighted by atomic mass is 10.0. The summed E-state index contributed by atoms with van der Waals surface area (Å²) in [6.07, 6.45) is 0. The van der Waals surface area contributed by atoms with Gasteiger partial charge in [0.05, 0.1) is 16.9 Å². The van der Waals surface area contributed by atoms with E-state index in [4.69, 9.17) is 16.3 Å². The number of methoxy groups -OCH3 is 1. The van der Waals surface area contributed by atoms with Crippen LogP contribution in [0.2, 0.25) is 5.02 Å². The summed E-state index contributed by atoms with van der Waals surface area (Å²) in [7, 11) is 1.68. The Bertz CT molecular complexity index is 558. The van der Waals surface area contributed by atoms with Gasteiger partial charge in [-0.1, -0.05) is 18.5 Å². The summed E-state index contributed by atoms with van der Waals surface area (Å²) in [5.41, 5.74) is 1.06. The highest BCUT2D eigenvalue weighted by molar-refractivity contribution is 9.11. The summed E-state index contributed by atoms with van der Waals surface area (Å²) in [6, 6.07) is 9.97. The van der Waals surface area contributed by atoms with E-state index in [1.54, 1.807) is 18.4 Å². The van der Waals surface area contributed by atoms with Crippen molar-refractivity contribution in [1.82, 2.24) is 5.32 Å². The predicted molar refractivity (Wildman–Crippen MR) is 85.5 cm³/mol. The van der Waals surface area contributed by atoms with Crippen molar-refractivity contribution in [2.75, 3.05) is 13.7 Å². The number of hydrogen-bond donors (Lipinski definition) is 1. The van der Waals surface area contributed by atoms with Gasteiger partial charge in [0.25, 0.3) is 0 Å². The molecule has 0 saturated carbocycles. The first-order chi connectivity index (χ1) is 9.15. The SMILES string of the molecule is CCNC(c1ccc(Br)s1)c1cc(Cl)ccc1OC. The molecule has 1 heterocycles. The number of ether oxygens (including phenoxy) is 1. The number of nitrogens with one attached hydrogen (secondary N) is 1. The van der Waals surface area contributed by atoms with Gasteiger partial charge in [0.1, 0.15) is 5.75 Å². The third kappa shape index (κ3) is 3.51. The van der Waals surface area contributed by atoms with E-state index in [0.29, 0.717) is 5.02 Å². The van der Waals surface area contributed by atoms with Crippen molar-refractivity contribution in [2.45, 2.75) is 13.0 Å². The number of benzene rings is 1. The van der Waals surface area contributed by atoms with Crippen LogP contribution >= 0.6 is 38.9 Å². The Morgan fingerprint density at radius 1 is 1.37 bits per heavy atom. The maximum Gasteiger partial charge on any atom is 0.124 e. The molecule has 1 aromatic heterocycles. The van der Waals surface area contributed by atoms with Gasteiger partial charge in [0.15, 0.2) is 0 Å². The van der Waals surface area contributed by atoms with Crippen molar-refractivity contribution < 1.29 is 4.74 Å². The zero-order valence-electron chi connectivity index (χ0n) is 10.7. The Labute approximate surface area is 130 Å². The van der Waals surface area contributed by atoms with Crippen LogP contribution in [0.1, 0.15) is 23.4 Å². The van der Waals surface area contributed by atoms with Crippen LogP contribution in [0.15, 0.2) is 34.1 Å². The number of hydrogen-bond acceptors (Lipinski definition) is 3. The van der Waals surface area contributed by atoms with Crippen LogP contribution in [0.4, 0.5) is 0 Å². The van der Waals surface area contributed by atoms with Crippen LogP contribution in [0.25, 0.3) is 0 Å². The van der Waals surface area contributed by atoms with Crippen molar-refractivity contribution in [3.05, 3.63) is 49.6 Å². The summed E-state index contributed by atoms with van der Waals surface area (Å²) >= 11 is 11.3. The lowest BCUT2D eigenvalue weighted by molar-refractivity contribution is 0.404. The molecule has 19 heavy (non-hydrogen) atoms. The molecule has 0 bridgehead atoms. The van der Waals surface area contributed by atoms with E-state index >= 15 is 0 Å². The quantitative estimate of drug-likeness (QED) is 0.821. The van der Waals surface area contributed by atoms with Gasteiger partial charge in [0, 0.05) is 15.5 Å². The second-order valence-corrected chi connectivity index (χ2v) is 6.95. The van der Waals surface area contributed by atoms with Gasteiger partial charge < -0.3 is 10.1 Å². The van der Waals surface area contributed by atoms with Crippen LogP contribution in [-0.4, -0.2) is 13.7 Å². The Hall–Kier alpha value is -0.550. The molecule has 0 aliphatic heterocycles. The summed E-state index contributed by atoms with van der Waals surface area (Å²) in [5, 5.41) is 4.20. The van der Waals surface area contributed by atoms with Gasteiger partial charge in [-0.25, -0.2) is 0 Å². The minimum atomic E-state index is 0.0925. The van der Waals surface area contributed by atoms with Gasteiger partial charge in [-0.15, -0.1) is 11.3 Å². The van der Waals surface area contributed by atoms with Crippen molar-refractivity contribution in [2.24, 2.45) is 0 Å². The Morgan fingerprint density at radius 2 is 2.16 bits per heavy atom. The van der Waals surface area contributed by atoms with Crippen LogP contribution in [0, 0.1) is 0 Å². The van der Waals surface area contributed by atoms with Gasteiger partial charge in [-0.05, 0) is 52.8 Å². The molecule has 102 valence electrons. The van der Waals surface area contributed by atoms with E-state index in [-0.39, 0.29) is 6.04 Å². The fraction of sp³-hybridized carbons (Fsp3) is 0.286. The van der Waals surface area contributed by atoms with Gasteiger partial charge in [-0.2, -0.15) is 0 Å². The monoisotopic (exact) mass is 359 g/mol. The maximum absolute atomic E-state index is 6.12. The first-order valence-corrected chi connectivity index (χ1v) is 7.96. The Morgan fingerprint density at radius 3 is 2.74 bits per heavy atom. The molecule has 2 rings (SSSR count). The molecule has 1 aromatic carbocycles. The van der Waals surface area contributed by atoms with Crippen LogP contribution in [0.5, 0.6) is 5.75 Å². The highest BCUT2D eigenvalue weighted by atomic mass is 79.9. The third-order valence-corrected chi connectivity index (χ3v) is 4.71. The minimum absolute atomic E-state index is 0.0925. The lowest BCUT2D eigenvalue weighted by Crippen LogP contribution is -2.21. The zero-order valence-corrected chi connectivity index (χ0v) is 13.9. The first-order valence-electron chi connectivity index (χ1n) is 5.97. The average molecular weight is 361 g/mol. The summed E-state index contributed by atoms with van der Waals surface area (Å²) < 4.78 is 6.57. The number of halogens is 2. The second-order valence-electron chi connectivity index (χ2n) is 4.02. The summed E-state index contributed by atoms with van der Waals surface area (Å²) in [5.74, 6) is 0.847. The molecule has 2 nitrogen and oxygen atoms in total. The molecule has 0 aliphatic carbocycles. The molecular formula is C14H15BrClNOS. The molecule has 1 atom stereocenters. The first kappa shape index (κ1) is 14.9. The average Bonchev–Trinajstić information content (AvgIpc) is 2.82. The fourth-order valence-electron chi connectivity index (χ4n) is 1.98.